The lowest BCUT2D eigenvalue weighted by Gasteiger charge is -2.57. The number of pyridine rings is 1. The SMILES string of the molecule is Cc1ccc[n+](CC(=O)C2CCC3C4CC=C5CC(O)CCC5(C)C4CCC23C)c1.[I-]. The Balaban J connectivity index is 0.00000231. The van der Waals surface area contributed by atoms with Crippen LogP contribution >= 0.6 is 0 Å². The number of halogens is 1. The van der Waals surface area contributed by atoms with Gasteiger partial charge in [0.05, 0.1) is 6.10 Å². The molecule has 3 nitrogen and oxygen atoms in total. The fourth-order valence-corrected chi connectivity index (χ4v) is 8.21. The molecular weight excluding hydrogens is 497 g/mol. The van der Waals surface area contributed by atoms with E-state index in [0.717, 1.165) is 43.9 Å². The normalized spacial score (nSPS) is 41.3. The molecule has 4 heteroatoms. The van der Waals surface area contributed by atoms with Crippen LogP contribution in [0.3, 0.4) is 0 Å². The van der Waals surface area contributed by atoms with Gasteiger partial charge < -0.3 is 29.1 Å². The first-order chi connectivity index (χ1) is 14.3. The van der Waals surface area contributed by atoms with Gasteiger partial charge in [-0.2, -0.15) is 4.57 Å². The summed E-state index contributed by atoms with van der Waals surface area (Å²) < 4.78 is 2.07. The highest BCUT2D eigenvalue weighted by Crippen LogP contribution is 2.66. The second-order valence-electron chi connectivity index (χ2n) is 11.4. The average Bonchev–Trinajstić information content (AvgIpc) is 3.06. The van der Waals surface area contributed by atoms with Crippen molar-refractivity contribution in [3.63, 3.8) is 0 Å². The third-order valence-corrected chi connectivity index (χ3v) is 9.81. The smallest absolute Gasteiger partial charge is 0.206 e. The van der Waals surface area contributed by atoms with E-state index in [2.05, 4.69) is 43.7 Å². The number of aliphatic hydroxyl groups is 1. The maximum Gasteiger partial charge on any atom is 0.206 e. The number of aryl methyl sites for hydroxylation is 1. The van der Waals surface area contributed by atoms with Gasteiger partial charge in [0.25, 0.3) is 0 Å². The van der Waals surface area contributed by atoms with E-state index in [4.69, 9.17) is 0 Å². The first-order valence-electron chi connectivity index (χ1n) is 12.2. The molecule has 0 bridgehead atoms. The van der Waals surface area contributed by atoms with Crippen LogP contribution in [0.25, 0.3) is 0 Å². The van der Waals surface area contributed by atoms with Gasteiger partial charge in [0.1, 0.15) is 0 Å². The highest BCUT2D eigenvalue weighted by Gasteiger charge is 2.59. The molecule has 1 aromatic heterocycles. The fourth-order valence-electron chi connectivity index (χ4n) is 8.21. The van der Waals surface area contributed by atoms with Gasteiger partial charge in [-0.05, 0) is 92.9 Å². The van der Waals surface area contributed by atoms with Gasteiger partial charge in [-0.1, -0.05) is 25.5 Å². The Morgan fingerprint density at radius 3 is 2.74 bits per heavy atom. The molecule has 4 aliphatic rings. The van der Waals surface area contributed by atoms with Crippen molar-refractivity contribution in [2.75, 3.05) is 0 Å². The van der Waals surface area contributed by atoms with Crippen molar-refractivity contribution in [2.45, 2.75) is 84.8 Å². The molecule has 7 unspecified atom stereocenters. The number of carbonyl (C=O) groups excluding carboxylic acids is 1. The quantitative estimate of drug-likeness (QED) is 0.365. The van der Waals surface area contributed by atoms with Crippen LogP contribution in [0.1, 0.15) is 70.8 Å². The largest absolute Gasteiger partial charge is 1.00 e. The Kier molecular flexibility index (Phi) is 6.46. The summed E-state index contributed by atoms with van der Waals surface area (Å²) in [5.74, 6) is 2.78. The Labute approximate surface area is 204 Å². The molecule has 5 rings (SSSR count). The van der Waals surface area contributed by atoms with E-state index in [1.54, 1.807) is 0 Å². The number of allylic oxidation sites excluding steroid dienone is 1. The Morgan fingerprint density at radius 1 is 1.16 bits per heavy atom. The molecular formula is C27H38INO2. The minimum Gasteiger partial charge on any atom is -1.00 e. The van der Waals surface area contributed by atoms with Crippen LogP contribution in [0.2, 0.25) is 0 Å². The Bertz CT molecular complexity index is 882. The van der Waals surface area contributed by atoms with Crippen molar-refractivity contribution in [3.8, 4) is 0 Å². The number of aromatic nitrogens is 1. The molecule has 0 radical (unpaired) electrons. The van der Waals surface area contributed by atoms with Crippen LogP contribution in [-0.4, -0.2) is 17.0 Å². The van der Waals surface area contributed by atoms with Crippen molar-refractivity contribution >= 4 is 5.78 Å². The number of hydrogen-bond acceptors (Lipinski definition) is 2. The van der Waals surface area contributed by atoms with E-state index < -0.39 is 0 Å². The molecule has 0 amide bonds. The van der Waals surface area contributed by atoms with Gasteiger partial charge in [0.15, 0.2) is 12.4 Å². The van der Waals surface area contributed by atoms with E-state index in [0.29, 0.717) is 18.2 Å². The molecule has 1 N–H and O–H groups in total. The molecule has 3 fully saturated rings. The topological polar surface area (TPSA) is 41.2 Å². The van der Waals surface area contributed by atoms with Gasteiger partial charge in [0, 0.05) is 17.5 Å². The Morgan fingerprint density at radius 2 is 1.97 bits per heavy atom. The second kappa shape index (κ2) is 8.55. The number of rotatable bonds is 3. The number of fused-ring (bicyclic) bond motifs is 5. The van der Waals surface area contributed by atoms with E-state index in [9.17, 15) is 9.90 Å². The van der Waals surface area contributed by atoms with Crippen LogP contribution in [0.15, 0.2) is 36.2 Å². The van der Waals surface area contributed by atoms with E-state index >= 15 is 0 Å². The molecule has 7 atom stereocenters. The zero-order valence-corrected chi connectivity index (χ0v) is 21.5. The molecule has 1 heterocycles. The number of nitrogens with zero attached hydrogens (tertiary/aromatic N) is 1. The standard InChI is InChI=1S/C27H38NO2.HI/c1-18-5-4-14-28(16-18)17-25(30)24-9-8-22-21-7-6-19-15-20(29)10-12-26(19,2)23(21)11-13-27(22,24)3;/h4-6,14,16,20-24,29H,7-13,15,17H2,1-3H3;1H/q+1;/p-1. The minimum atomic E-state index is -0.137. The number of ketones is 1. The minimum absolute atomic E-state index is 0. The van der Waals surface area contributed by atoms with E-state index in [1.165, 1.54) is 30.4 Å². The summed E-state index contributed by atoms with van der Waals surface area (Å²) in [4.78, 5) is 13.4. The van der Waals surface area contributed by atoms with Crippen LogP contribution in [0.5, 0.6) is 0 Å². The van der Waals surface area contributed by atoms with Crippen LogP contribution in [0, 0.1) is 41.4 Å². The zero-order valence-electron chi connectivity index (χ0n) is 19.3. The number of carbonyl (C=O) groups is 1. The average molecular weight is 536 g/mol. The summed E-state index contributed by atoms with van der Waals surface area (Å²) in [6.45, 7) is 7.53. The number of aliphatic hydroxyl groups excluding tert-OH is 1. The number of Topliss-reactive ketones (excluding diaryl/α,β-unsaturated/α-hetero) is 1. The third kappa shape index (κ3) is 3.84. The van der Waals surface area contributed by atoms with Crippen molar-refractivity contribution in [2.24, 2.45) is 34.5 Å². The van der Waals surface area contributed by atoms with Crippen molar-refractivity contribution in [1.82, 2.24) is 0 Å². The van der Waals surface area contributed by atoms with E-state index in [-0.39, 0.29) is 46.8 Å². The molecule has 1 aromatic rings. The highest BCUT2D eigenvalue weighted by molar-refractivity contribution is 5.81. The first-order valence-corrected chi connectivity index (χ1v) is 12.2. The predicted octanol–water partition coefficient (Wildman–Crippen LogP) is 1.80. The van der Waals surface area contributed by atoms with Gasteiger partial charge >= 0.3 is 0 Å². The molecule has 0 saturated heterocycles. The fraction of sp³-hybridized carbons (Fsp3) is 0.704. The van der Waals surface area contributed by atoms with Crippen molar-refractivity contribution in [3.05, 3.63) is 41.7 Å². The molecule has 0 aliphatic heterocycles. The van der Waals surface area contributed by atoms with Gasteiger partial charge in [-0.15, -0.1) is 0 Å². The van der Waals surface area contributed by atoms with Crippen LogP contribution < -0.4 is 28.5 Å². The summed E-state index contributed by atoms with van der Waals surface area (Å²) in [5.41, 5.74) is 3.19. The molecule has 4 aliphatic carbocycles. The van der Waals surface area contributed by atoms with E-state index in [1.807, 2.05) is 12.3 Å². The highest BCUT2D eigenvalue weighted by atomic mass is 127. The summed E-state index contributed by atoms with van der Waals surface area (Å²) in [6, 6.07) is 4.13. The van der Waals surface area contributed by atoms with Gasteiger partial charge in [-0.3, -0.25) is 4.79 Å². The summed E-state index contributed by atoms with van der Waals surface area (Å²) in [6.07, 6.45) is 15.3. The lowest BCUT2D eigenvalue weighted by Crippen LogP contribution is -3.00. The predicted molar refractivity (Wildman–Crippen MR) is 118 cm³/mol. The lowest BCUT2D eigenvalue weighted by atomic mass is 9.47. The summed E-state index contributed by atoms with van der Waals surface area (Å²) in [5, 5.41) is 10.2. The number of hydrogen-bond donors (Lipinski definition) is 1. The maximum atomic E-state index is 13.4. The summed E-state index contributed by atoms with van der Waals surface area (Å²) >= 11 is 0. The molecule has 170 valence electrons. The third-order valence-electron chi connectivity index (χ3n) is 9.81. The Hall–Kier alpha value is -0.750. The van der Waals surface area contributed by atoms with Gasteiger partial charge in [0.2, 0.25) is 12.3 Å². The maximum absolute atomic E-state index is 13.4. The van der Waals surface area contributed by atoms with Gasteiger partial charge in [-0.25, -0.2) is 0 Å². The molecule has 3 saturated carbocycles. The first kappa shape index (κ1) is 23.4. The monoisotopic (exact) mass is 535 g/mol. The lowest BCUT2D eigenvalue weighted by molar-refractivity contribution is -0.685. The molecule has 0 spiro atoms. The van der Waals surface area contributed by atoms with Crippen LogP contribution in [-0.2, 0) is 11.3 Å². The second-order valence-corrected chi connectivity index (χ2v) is 11.4. The zero-order chi connectivity index (χ0) is 21.1. The molecule has 31 heavy (non-hydrogen) atoms. The summed E-state index contributed by atoms with van der Waals surface area (Å²) in [7, 11) is 0. The van der Waals surface area contributed by atoms with Crippen molar-refractivity contribution in [1.29, 1.82) is 0 Å². The molecule has 0 aromatic carbocycles. The van der Waals surface area contributed by atoms with Crippen LogP contribution in [0.4, 0.5) is 0 Å². The van der Waals surface area contributed by atoms with Crippen molar-refractivity contribution < 1.29 is 38.4 Å².